The molecule has 1 amide bonds. The first-order valence-corrected chi connectivity index (χ1v) is 9.86. The molecule has 27 heavy (non-hydrogen) atoms. The monoisotopic (exact) mass is 380 g/mol. The first-order valence-electron chi connectivity index (χ1n) is 8.98. The van der Waals surface area contributed by atoms with Crippen molar-refractivity contribution in [3.63, 3.8) is 0 Å². The maximum Gasteiger partial charge on any atom is 0.275 e. The van der Waals surface area contributed by atoms with Crippen LogP contribution in [0.4, 0.5) is 5.69 Å². The van der Waals surface area contributed by atoms with Gasteiger partial charge in [-0.15, -0.1) is 11.3 Å². The lowest BCUT2D eigenvalue weighted by Crippen LogP contribution is -2.15. The predicted octanol–water partition coefficient (Wildman–Crippen LogP) is 5.71. The topological polar surface area (TPSA) is 51.2 Å². The number of carbonyl (C=O) groups excluding carboxylic acids is 1. The number of nitrogens with zero attached hydrogens (tertiary/aromatic N) is 1. The van der Waals surface area contributed by atoms with E-state index in [-0.39, 0.29) is 5.91 Å². The van der Waals surface area contributed by atoms with Crippen molar-refractivity contribution in [1.82, 2.24) is 4.98 Å². The number of rotatable bonds is 6. The van der Waals surface area contributed by atoms with Crippen molar-refractivity contribution in [2.24, 2.45) is 0 Å². The zero-order valence-electron chi connectivity index (χ0n) is 16.1. The molecule has 0 saturated carbocycles. The molecular formula is C22H24N2O2S. The molecule has 0 aliphatic carbocycles. The van der Waals surface area contributed by atoms with E-state index in [2.05, 4.69) is 30.2 Å². The Morgan fingerprint density at radius 2 is 1.89 bits per heavy atom. The molecule has 0 bridgehead atoms. The number of para-hydroxylation sites is 1. The van der Waals surface area contributed by atoms with Gasteiger partial charge in [-0.05, 0) is 43.0 Å². The van der Waals surface area contributed by atoms with Crippen LogP contribution in [-0.4, -0.2) is 10.9 Å². The van der Waals surface area contributed by atoms with Crippen molar-refractivity contribution >= 4 is 22.9 Å². The van der Waals surface area contributed by atoms with E-state index in [4.69, 9.17) is 4.74 Å². The fraction of sp³-hybridized carbons (Fsp3) is 0.273. The van der Waals surface area contributed by atoms with Crippen LogP contribution in [0.1, 0.15) is 52.0 Å². The molecule has 4 nitrogen and oxygen atoms in total. The Balaban J connectivity index is 1.68. The Morgan fingerprint density at radius 1 is 1.15 bits per heavy atom. The van der Waals surface area contributed by atoms with Crippen molar-refractivity contribution in [2.45, 2.75) is 40.2 Å². The van der Waals surface area contributed by atoms with E-state index in [1.54, 1.807) is 5.38 Å². The Bertz CT molecular complexity index is 930. The smallest absolute Gasteiger partial charge is 0.275 e. The van der Waals surface area contributed by atoms with Crippen molar-refractivity contribution in [3.8, 4) is 5.75 Å². The molecule has 3 rings (SSSR count). The first kappa shape index (κ1) is 19.1. The first-order chi connectivity index (χ1) is 12.9. The third-order valence-electron chi connectivity index (χ3n) is 4.33. The van der Waals surface area contributed by atoms with E-state index >= 15 is 0 Å². The number of aryl methyl sites for hydroxylation is 2. The van der Waals surface area contributed by atoms with Crippen LogP contribution in [0.15, 0.2) is 47.8 Å². The van der Waals surface area contributed by atoms with E-state index < -0.39 is 0 Å². The molecule has 0 aliphatic rings. The zero-order valence-corrected chi connectivity index (χ0v) is 16.9. The summed E-state index contributed by atoms with van der Waals surface area (Å²) in [5, 5.41) is 5.58. The van der Waals surface area contributed by atoms with Crippen molar-refractivity contribution in [2.75, 3.05) is 5.32 Å². The summed E-state index contributed by atoms with van der Waals surface area (Å²) in [6.07, 6.45) is 0. The molecular weight excluding hydrogens is 356 g/mol. The number of benzene rings is 2. The van der Waals surface area contributed by atoms with Gasteiger partial charge in [-0.25, -0.2) is 4.98 Å². The lowest BCUT2D eigenvalue weighted by atomic mass is 9.98. The normalized spacial score (nSPS) is 10.9. The molecule has 0 unspecified atom stereocenters. The summed E-state index contributed by atoms with van der Waals surface area (Å²) < 4.78 is 5.74. The van der Waals surface area contributed by atoms with E-state index in [1.807, 2.05) is 50.2 Å². The van der Waals surface area contributed by atoms with Gasteiger partial charge >= 0.3 is 0 Å². The molecule has 5 heteroatoms. The Kier molecular flexibility index (Phi) is 5.91. The zero-order chi connectivity index (χ0) is 19.4. The van der Waals surface area contributed by atoms with Gasteiger partial charge in [-0.3, -0.25) is 4.79 Å². The summed E-state index contributed by atoms with van der Waals surface area (Å²) in [5.41, 5.74) is 4.66. The van der Waals surface area contributed by atoms with Gasteiger partial charge in [0.2, 0.25) is 0 Å². The number of nitrogens with one attached hydrogen (secondary N) is 1. The molecule has 1 aromatic heterocycles. The third-order valence-corrected chi connectivity index (χ3v) is 5.16. The van der Waals surface area contributed by atoms with Gasteiger partial charge < -0.3 is 10.1 Å². The van der Waals surface area contributed by atoms with Crippen LogP contribution >= 0.6 is 11.3 Å². The van der Waals surface area contributed by atoms with Crippen LogP contribution in [0.5, 0.6) is 5.75 Å². The van der Waals surface area contributed by atoms with Gasteiger partial charge in [-0.1, -0.05) is 49.7 Å². The molecule has 0 spiro atoms. The lowest BCUT2D eigenvalue weighted by molar-refractivity contribution is 0.102. The van der Waals surface area contributed by atoms with Gasteiger partial charge in [0.05, 0.1) is 0 Å². The number of hydrogen-bond acceptors (Lipinski definition) is 4. The van der Waals surface area contributed by atoms with Gasteiger partial charge in [-0.2, -0.15) is 0 Å². The number of thiazole rings is 1. The molecule has 140 valence electrons. The predicted molar refractivity (Wildman–Crippen MR) is 111 cm³/mol. The third kappa shape index (κ3) is 4.74. The summed E-state index contributed by atoms with van der Waals surface area (Å²) in [6.45, 7) is 8.63. The van der Waals surface area contributed by atoms with E-state index in [0.29, 0.717) is 18.2 Å². The number of anilines is 1. The molecule has 3 aromatic rings. The van der Waals surface area contributed by atoms with Gasteiger partial charge in [0, 0.05) is 11.1 Å². The number of hydrogen-bond donors (Lipinski definition) is 1. The number of amides is 1. The molecule has 0 radical (unpaired) electrons. The van der Waals surface area contributed by atoms with E-state index in [9.17, 15) is 4.79 Å². The highest BCUT2D eigenvalue weighted by atomic mass is 32.1. The number of carbonyl (C=O) groups is 1. The molecule has 0 fully saturated rings. The SMILES string of the molecule is Cc1ccc(OCc2nc(C(=O)Nc3c(C)cccc3C(C)C)cs2)cc1. The molecule has 1 N–H and O–H groups in total. The summed E-state index contributed by atoms with van der Waals surface area (Å²) in [4.78, 5) is 17.1. The minimum atomic E-state index is -0.191. The second-order valence-corrected chi connectivity index (χ2v) is 7.82. The van der Waals surface area contributed by atoms with Crippen LogP contribution in [0, 0.1) is 13.8 Å². The fourth-order valence-electron chi connectivity index (χ4n) is 2.78. The largest absolute Gasteiger partial charge is 0.486 e. The van der Waals surface area contributed by atoms with Gasteiger partial charge in [0.25, 0.3) is 5.91 Å². The molecule has 0 saturated heterocycles. The van der Waals surface area contributed by atoms with Gasteiger partial charge in [0.1, 0.15) is 23.1 Å². The summed E-state index contributed by atoms with van der Waals surface area (Å²) in [7, 11) is 0. The van der Waals surface area contributed by atoms with Crippen LogP contribution in [0.25, 0.3) is 0 Å². The summed E-state index contributed by atoms with van der Waals surface area (Å²) in [6, 6.07) is 13.9. The van der Waals surface area contributed by atoms with Crippen LogP contribution in [0.3, 0.4) is 0 Å². The van der Waals surface area contributed by atoms with Crippen LogP contribution in [0.2, 0.25) is 0 Å². The van der Waals surface area contributed by atoms with Crippen LogP contribution < -0.4 is 10.1 Å². The summed E-state index contributed by atoms with van der Waals surface area (Å²) >= 11 is 1.43. The van der Waals surface area contributed by atoms with Gasteiger partial charge in [0.15, 0.2) is 0 Å². The maximum absolute atomic E-state index is 12.7. The highest BCUT2D eigenvalue weighted by Gasteiger charge is 2.16. The second-order valence-electron chi connectivity index (χ2n) is 6.88. The average molecular weight is 381 g/mol. The Labute approximate surface area is 164 Å². The maximum atomic E-state index is 12.7. The standard InChI is InChI=1S/C22H24N2O2S/c1-14(2)18-7-5-6-16(4)21(18)24-22(25)19-13-27-20(23-19)12-26-17-10-8-15(3)9-11-17/h5-11,13-14H,12H2,1-4H3,(H,24,25). The Hall–Kier alpha value is -2.66. The Morgan fingerprint density at radius 3 is 2.59 bits per heavy atom. The molecule has 1 heterocycles. The van der Waals surface area contributed by atoms with Crippen molar-refractivity contribution in [1.29, 1.82) is 0 Å². The van der Waals surface area contributed by atoms with Crippen LogP contribution in [-0.2, 0) is 6.61 Å². The molecule has 0 aliphatic heterocycles. The fourth-order valence-corrected chi connectivity index (χ4v) is 3.47. The highest BCUT2D eigenvalue weighted by Crippen LogP contribution is 2.28. The quantitative estimate of drug-likeness (QED) is 0.595. The number of aromatic nitrogens is 1. The van der Waals surface area contributed by atoms with E-state index in [0.717, 1.165) is 27.6 Å². The number of ether oxygens (including phenoxy) is 1. The molecule has 2 aromatic carbocycles. The summed E-state index contributed by atoms with van der Waals surface area (Å²) in [5.74, 6) is 0.932. The average Bonchev–Trinajstić information content (AvgIpc) is 3.12. The van der Waals surface area contributed by atoms with Crippen molar-refractivity contribution < 1.29 is 9.53 Å². The van der Waals surface area contributed by atoms with Crippen molar-refractivity contribution in [3.05, 3.63) is 75.2 Å². The second kappa shape index (κ2) is 8.35. The minimum absolute atomic E-state index is 0.191. The highest BCUT2D eigenvalue weighted by molar-refractivity contribution is 7.09. The van der Waals surface area contributed by atoms with E-state index in [1.165, 1.54) is 16.9 Å². The molecule has 0 atom stereocenters. The minimum Gasteiger partial charge on any atom is -0.486 e. The lowest BCUT2D eigenvalue weighted by Gasteiger charge is -2.15.